The van der Waals surface area contributed by atoms with Crippen LogP contribution >= 0.6 is 0 Å². The molecule has 1 aromatic rings. The van der Waals surface area contributed by atoms with Crippen LogP contribution in [0.2, 0.25) is 0 Å². The molecule has 0 aliphatic rings. The number of hydrogen-bond acceptors (Lipinski definition) is 3. The third-order valence-corrected chi connectivity index (χ3v) is 2.17. The Kier molecular flexibility index (Phi) is 4.48. The van der Waals surface area contributed by atoms with Gasteiger partial charge in [-0.05, 0) is 25.5 Å². The first kappa shape index (κ1) is 13.5. The van der Waals surface area contributed by atoms with Crippen LogP contribution in [0.25, 0.3) is 0 Å². The summed E-state index contributed by atoms with van der Waals surface area (Å²) >= 11 is 0. The highest BCUT2D eigenvalue weighted by molar-refractivity contribution is 5.72. The van der Waals surface area contributed by atoms with Crippen molar-refractivity contribution in [2.45, 2.75) is 26.7 Å². The van der Waals surface area contributed by atoms with Crippen LogP contribution in [-0.2, 0) is 16.0 Å². The maximum Gasteiger partial charge on any atom is 0.310 e. The number of ether oxygens (including phenoxy) is 1. The molecule has 0 spiro atoms. The molecule has 0 bridgehead atoms. The van der Waals surface area contributed by atoms with E-state index in [0.717, 1.165) is 6.07 Å². The van der Waals surface area contributed by atoms with Gasteiger partial charge in [-0.3, -0.25) is 4.79 Å². The van der Waals surface area contributed by atoms with Gasteiger partial charge in [0.05, 0.1) is 18.6 Å². The van der Waals surface area contributed by atoms with Gasteiger partial charge in [-0.15, -0.1) is 0 Å². The van der Waals surface area contributed by atoms with Crippen LogP contribution in [0.1, 0.15) is 30.2 Å². The van der Waals surface area contributed by atoms with Crippen molar-refractivity contribution in [1.82, 2.24) is 4.98 Å². The van der Waals surface area contributed by atoms with Crippen molar-refractivity contribution in [3.05, 3.63) is 28.8 Å². The molecule has 0 aliphatic carbocycles. The summed E-state index contributed by atoms with van der Waals surface area (Å²) in [5.41, 5.74) is -0.338. The summed E-state index contributed by atoms with van der Waals surface area (Å²) in [5.74, 6) is -1.76. The molecule has 0 aromatic carbocycles. The van der Waals surface area contributed by atoms with Crippen LogP contribution in [-0.4, -0.2) is 17.6 Å². The third-order valence-electron chi connectivity index (χ3n) is 2.17. The Hall–Kier alpha value is -1.59. The smallest absolute Gasteiger partial charge is 0.310 e. The topological polar surface area (TPSA) is 39.2 Å². The van der Waals surface area contributed by atoms with E-state index in [4.69, 9.17) is 0 Å². The van der Waals surface area contributed by atoms with Crippen LogP contribution in [0.4, 0.5) is 13.2 Å². The monoisotopic (exact) mass is 247 g/mol. The van der Waals surface area contributed by atoms with E-state index in [0.29, 0.717) is 0 Å². The zero-order chi connectivity index (χ0) is 13.0. The van der Waals surface area contributed by atoms with Crippen LogP contribution in [0.3, 0.4) is 0 Å². The number of halogens is 3. The normalized spacial score (nSPS) is 10.7. The lowest BCUT2D eigenvalue weighted by Crippen LogP contribution is -2.11. The molecular weight excluding hydrogens is 235 g/mol. The highest BCUT2D eigenvalue weighted by atomic mass is 19.3. The van der Waals surface area contributed by atoms with Gasteiger partial charge in [-0.25, -0.2) is 13.8 Å². The quantitative estimate of drug-likeness (QED) is 0.606. The predicted molar refractivity (Wildman–Crippen MR) is 54.2 cm³/mol. The summed E-state index contributed by atoms with van der Waals surface area (Å²) in [6.45, 7) is 3.29. The fourth-order valence-corrected chi connectivity index (χ4v) is 1.33. The van der Waals surface area contributed by atoms with Gasteiger partial charge in [-0.1, -0.05) is 0 Å². The molecule has 0 aliphatic heterocycles. The molecule has 0 unspecified atom stereocenters. The molecule has 0 N–H and O–H groups in total. The van der Waals surface area contributed by atoms with Gasteiger partial charge in [0.2, 0.25) is 5.95 Å². The molecule has 0 fully saturated rings. The van der Waals surface area contributed by atoms with Gasteiger partial charge in [0, 0.05) is 5.69 Å². The first-order chi connectivity index (χ1) is 7.95. The molecule has 1 aromatic heterocycles. The fourth-order valence-electron chi connectivity index (χ4n) is 1.33. The second-order valence-electron chi connectivity index (χ2n) is 3.40. The lowest BCUT2D eigenvalue weighted by atomic mass is 10.1. The Morgan fingerprint density at radius 1 is 1.53 bits per heavy atom. The zero-order valence-electron chi connectivity index (χ0n) is 9.47. The Balaban J connectivity index is 2.99. The average molecular weight is 247 g/mol. The zero-order valence-corrected chi connectivity index (χ0v) is 9.47. The number of carbonyl (C=O) groups is 1. The van der Waals surface area contributed by atoms with E-state index in [1.54, 1.807) is 6.92 Å². The first-order valence-electron chi connectivity index (χ1n) is 5.05. The molecule has 94 valence electrons. The van der Waals surface area contributed by atoms with Gasteiger partial charge in [0.1, 0.15) is 0 Å². The molecule has 1 rings (SSSR count). The van der Waals surface area contributed by atoms with Crippen molar-refractivity contribution >= 4 is 5.97 Å². The molecule has 6 heteroatoms. The highest BCUT2D eigenvalue weighted by Crippen LogP contribution is 2.23. The number of pyridine rings is 1. The van der Waals surface area contributed by atoms with Gasteiger partial charge < -0.3 is 4.74 Å². The number of rotatable bonds is 4. The van der Waals surface area contributed by atoms with E-state index in [2.05, 4.69) is 9.72 Å². The number of hydrogen-bond donors (Lipinski definition) is 0. The van der Waals surface area contributed by atoms with E-state index in [9.17, 15) is 18.0 Å². The Morgan fingerprint density at radius 2 is 2.18 bits per heavy atom. The van der Waals surface area contributed by atoms with Crippen molar-refractivity contribution in [3.63, 3.8) is 0 Å². The number of carbonyl (C=O) groups excluding carboxylic acids is 1. The third kappa shape index (κ3) is 3.44. The fraction of sp³-hybridized carbons (Fsp3) is 0.455. The molecule has 1 heterocycles. The van der Waals surface area contributed by atoms with E-state index in [-0.39, 0.29) is 24.3 Å². The predicted octanol–water partition coefficient (Wildman–Crippen LogP) is 2.57. The maximum absolute atomic E-state index is 13.1. The number of nitrogens with zero attached hydrogens (tertiary/aromatic N) is 1. The van der Waals surface area contributed by atoms with Crippen molar-refractivity contribution in [1.29, 1.82) is 0 Å². The minimum absolute atomic E-state index is 0.188. The standard InChI is InChI=1S/C11H12F3NO2/c1-3-17-9(16)5-7-4-8(10(12)13)11(14)15-6(7)2/h4,10H,3,5H2,1-2H3. The lowest BCUT2D eigenvalue weighted by Gasteiger charge is -2.08. The summed E-state index contributed by atoms with van der Waals surface area (Å²) in [5, 5.41) is 0. The molecule has 0 saturated carbocycles. The summed E-state index contributed by atoms with van der Waals surface area (Å²) in [6, 6.07) is 0.958. The second kappa shape index (κ2) is 5.65. The van der Waals surface area contributed by atoms with Gasteiger partial charge in [-0.2, -0.15) is 4.39 Å². The van der Waals surface area contributed by atoms with Crippen molar-refractivity contribution < 1.29 is 22.7 Å². The molecule has 0 amide bonds. The maximum atomic E-state index is 13.1. The minimum atomic E-state index is -2.95. The van der Waals surface area contributed by atoms with Crippen LogP contribution in [0, 0.1) is 12.9 Å². The largest absolute Gasteiger partial charge is 0.466 e. The highest BCUT2D eigenvalue weighted by Gasteiger charge is 2.18. The average Bonchev–Trinajstić information content (AvgIpc) is 2.21. The molecule has 0 saturated heterocycles. The van der Waals surface area contributed by atoms with Crippen LogP contribution in [0.5, 0.6) is 0 Å². The SMILES string of the molecule is CCOC(=O)Cc1cc(C(F)F)c(F)nc1C. The van der Waals surface area contributed by atoms with Crippen molar-refractivity contribution in [3.8, 4) is 0 Å². The second-order valence-corrected chi connectivity index (χ2v) is 3.40. The van der Waals surface area contributed by atoms with Gasteiger partial charge >= 0.3 is 5.97 Å². The molecular formula is C11H12F3NO2. The lowest BCUT2D eigenvalue weighted by molar-refractivity contribution is -0.142. The van der Waals surface area contributed by atoms with Crippen LogP contribution < -0.4 is 0 Å². The Morgan fingerprint density at radius 3 is 2.71 bits per heavy atom. The summed E-state index contributed by atoms with van der Waals surface area (Å²) in [4.78, 5) is 14.6. The summed E-state index contributed by atoms with van der Waals surface area (Å²) < 4.78 is 42.6. The Bertz CT molecular complexity index is 421. The number of alkyl halides is 2. The summed E-state index contributed by atoms with van der Waals surface area (Å²) in [6.07, 6.45) is -3.14. The van der Waals surface area contributed by atoms with E-state index < -0.39 is 23.9 Å². The molecule has 0 radical (unpaired) electrons. The summed E-state index contributed by atoms with van der Waals surface area (Å²) in [7, 11) is 0. The first-order valence-corrected chi connectivity index (χ1v) is 5.05. The number of aromatic nitrogens is 1. The number of aryl methyl sites for hydroxylation is 1. The van der Waals surface area contributed by atoms with E-state index in [1.807, 2.05) is 0 Å². The molecule has 17 heavy (non-hydrogen) atoms. The van der Waals surface area contributed by atoms with Gasteiger partial charge in [0.15, 0.2) is 0 Å². The Labute approximate surface area is 96.6 Å². The van der Waals surface area contributed by atoms with Crippen LogP contribution in [0.15, 0.2) is 6.07 Å². The van der Waals surface area contributed by atoms with E-state index in [1.165, 1.54) is 6.92 Å². The number of esters is 1. The molecule has 3 nitrogen and oxygen atoms in total. The minimum Gasteiger partial charge on any atom is -0.466 e. The van der Waals surface area contributed by atoms with Crippen molar-refractivity contribution in [2.75, 3.05) is 6.61 Å². The van der Waals surface area contributed by atoms with Gasteiger partial charge in [0.25, 0.3) is 6.43 Å². The van der Waals surface area contributed by atoms with E-state index >= 15 is 0 Å². The molecule has 0 atom stereocenters. The van der Waals surface area contributed by atoms with Crippen molar-refractivity contribution in [2.24, 2.45) is 0 Å².